The molecule has 9 heteroatoms. The van der Waals surface area contributed by atoms with Crippen LogP contribution in [0.1, 0.15) is 0 Å². The van der Waals surface area contributed by atoms with Gasteiger partial charge in [0.25, 0.3) is 3.92 Å². The summed E-state index contributed by atoms with van der Waals surface area (Å²) in [6.45, 7) is 0.149. The zero-order valence-corrected chi connectivity index (χ0v) is 14.4. The van der Waals surface area contributed by atoms with Crippen molar-refractivity contribution < 1.29 is 0 Å². The van der Waals surface area contributed by atoms with Gasteiger partial charge in [-0.2, -0.15) is 10.5 Å². The summed E-state index contributed by atoms with van der Waals surface area (Å²) in [7, 11) is 0. The summed E-state index contributed by atoms with van der Waals surface area (Å²) in [5.74, 6) is 0. The molecular formula is C11H9Cl6N3. The van der Waals surface area contributed by atoms with Gasteiger partial charge in [-0.25, -0.2) is 0 Å². The highest BCUT2D eigenvalue weighted by molar-refractivity contribution is 6.69. The topological polar surface area (TPSA) is 18.5 Å². The van der Waals surface area contributed by atoms with E-state index in [0.29, 0.717) is 5.57 Å². The molecule has 0 amide bonds. The zero-order chi connectivity index (χ0) is 15.0. The Morgan fingerprint density at radius 2 is 1.55 bits per heavy atom. The summed E-state index contributed by atoms with van der Waals surface area (Å²) >= 11 is 35.5. The van der Waals surface area contributed by atoms with Gasteiger partial charge in [0.15, 0.2) is 0 Å². The monoisotopic (exact) mass is 393 g/mol. The van der Waals surface area contributed by atoms with Crippen molar-refractivity contribution in [3.8, 4) is 0 Å². The molecular weight excluding hydrogens is 387 g/mol. The molecule has 0 radical (unpaired) electrons. The normalized spacial score (nSPS) is 18.1. The first-order valence-corrected chi connectivity index (χ1v) is 7.67. The van der Waals surface area contributed by atoms with E-state index in [-0.39, 0.29) is 6.54 Å². The van der Waals surface area contributed by atoms with Crippen molar-refractivity contribution in [3.05, 3.63) is 42.1 Å². The molecule has 2 rings (SSSR count). The smallest absolute Gasteiger partial charge is 0.262 e. The molecule has 20 heavy (non-hydrogen) atoms. The Balaban J connectivity index is 2.36. The molecule has 1 N–H and O–H groups in total. The third-order valence-corrected chi connectivity index (χ3v) is 3.89. The number of nitrogens with one attached hydrogen (secondary N) is 1. The lowest BCUT2D eigenvalue weighted by Gasteiger charge is -2.40. The standard InChI is InChI=1S/C11H9Cl6N3/c12-10(13,14)8-6-19(9-4-2-1-3-5-9)18-20(7-8)11(15,16)17/h1-6,18H,7H2. The van der Waals surface area contributed by atoms with Gasteiger partial charge < -0.3 is 0 Å². The Labute approximate surface area is 146 Å². The van der Waals surface area contributed by atoms with Crippen LogP contribution in [-0.2, 0) is 0 Å². The van der Waals surface area contributed by atoms with E-state index >= 15 is 0 Å². The van der Waals surface area contributed by atoms with Crippen molar-refractivity contribution in [3.63, 3.8) is 0 Å². The molecule has 1 aromatic carbocycles. The van der Waals surface area contributed by atoms with Crippen molar-refractivity contribution >= 4 is 75.3 Å². The van der Waals surface area contributed by atoms with Crippen molar-refractivity contribution in [1.29, 1.82) is 0 Å². The molecule has 0 spiro atoms. The van der Waals surface area contributed by atoms with E-state index in [0.717, 1.165) is 5.69 Å². The minimum Gasteiger partial charge on any atom is -0.270 e. The third kappa shape index (κ3) is 4.21. The summed E-state index contributed by atoms with van der Waals surface area (Å²) in [5, 5.41) is 2.95. The molecule has 1 aliphatic rings. The predicted octanol–water partition coefficient (Wildman–Crippen LogP) is 4.81. The quantitative estimate of drug-likeness (QED) is 0.543. The first kappa shape index (κ1) is 16.8. The van der Waals surface area contributed by atoms with Crippen molar-refractivity contribution in [2.45, 2.75) is 7.71 Å². The number of hydrogen-bond acceptors (Lipinski definition) is 3. The van der Waals surface area contributed by atoms with Crippen LogP contribution in [0.15, 0.2) is 42.1 Å². The summed E-state index contributed by atoms with van der Waals surface area (Å²) in [6, 6.07) is 9.35. The number of para-hydroxylation sites is 1. The predicted molar refractivity (Wildman–Crippen MR) is 87.4 cm³/mol. The molecule has 0 saturated heterocycles. The molecule has 0 atom stereocenters. The third-order valence-electron chi connectivity index (χ3n) is 2.55. The van der Waals surface area contributed by atoms with E-state index in [1.165, 1.54) is 5.01 Å². The van der Waals surface area contributed by atoms with Crippen molar-refractivity contribution in [1.82, 2.24) is 10.5 Å². The van der Waals surface area contributed by atoms with E-state index in [1.54, 1.807) is 11.2 Å². The lowest BCUT2D eigenvalue weighted by atomic mass is 10.2. The molecule has 1 aromatic rings. The number of alkyl halides is 6. The number of anilines is 1. The maximum Gasteiger partial charge on any atom is 0.262 e. The summed E-state index contributed by atoms with van der Waals surface area (Å²) in [5.41, 5.74) is 4.20. The maximum absolute atomic E-state index is 5.93. The Kier molecular flexibility index (Phi) is 5.26. The first-order valence-electron chi connectivity index (χ1n) is 5.41. The van der Waals surface area contributed by atoms with E-state index in [9.17, 15) is 0 Å². The Morgan fingerprint density at radius 1 is 0.950 bits per heavy atom. The van der Waals surface area contributed by atoms with Crippen LogP contribution >= 0.6 is 69.6 Å². The van der Waals surface area contributed by atoms with Crippen LogP contribution in [0.3, 0.4) is 0 Å². The second-order valence-corrected chi connectivity index (χ2v) is 8.51. The minimum absolute atomic E-state index is 0.149. The van der Waals surface area contributed by atoms with Crippen LogP contribution in [0, 0.1) is 0 Å². The van der Waals surface area contributed by atoms with Crippen LogP contribution in [0.25, 0.3) is 0 Å². The Hall–Kier alpha value is 0.420. The number of nitrogens with zero attached hydrogens (tertiary/aromatic N) is 2. The zero-order valence-electron chi connectivity index (χ0n) is 9.83. The Bertz CT molecular complexity index is 493. The fourth-order valence-electron chi connectivity index (χ4n) is 1.59. The van der Waals surface area contributed by atoms with Gasteiger partial charge >= 0.3 is 0 Å². The second kappa shape index (κ2) is 6.27. The number of hydrogen-bond donors (Lipinski definition) is 1. The average Bonchev–Trinajstić information content (AvgIpc) is 2.37. The molecule has 0 unspecified atom stereocenters. The van der Waals surface area contributed by atoms with E-state index < -0.39 is 7.71 Å². The van der Waals surface area contributed by atoms with Gasteiger partial charge in [0.05, 0.1) is 5.69 Å². The summed E-state index contributed by atoms with van der Waals surface area (Å²) < 4.78 is -3.29. The van der Waals surface area contributed by atoms with E-state index in [1.807, 2.05) is 30.3 Å². The van der Waals surface area contributed by atoms with Gasteiger partial charge in [0, 0.05) is 18.3 Å². The molecule has 0 aliphatic carbocycles. The van der Waals surface area contributed by atoms with Crippen LogP contribution in [-0.4, -0.2) is 19.3 Å². The van der Waals surface area contributed by atoms with Crippen LogP contribution in [0.4, 0.5) is 5.69 Å². The summed E-state index contributed by atoms with van der Waals surface area (Å²) in [4.78, 5) is 0. The van der Waals surface area contributed by atoms with Crippen molar-refractivity contribution in [2.75, 3.05) is 11.6 Å². The highest BCUT2D eigenvalue weighted by Crippen LogP contribution is 2.40. The van der Waals surface area contributed by atoms with Crippen LogP contribution in [0.2, 0.25) is 0 Å². The SMILES string of the molecule is ClC(Cl)(Cl)C1=CN(c2ccccc2)NN(C(Cl)(Cl)Cl)C1. The number of rotatable bonds is 1. The number of benzene rings is 1. The summed E-state index contributed by atoms with van der Waals surface area (Å²) in [6.07, 6.45) is 1.66. The van der Waals surface area contributed by atoms with Gasteiger partial charge in [-0.05, 0) is 12.1 Å². The van der Waals surface area contributed by atoms with Gasteiger partial charge in [-0.1, -0.05) is 87.8 Å². The fraction of sp³-hybridized carbons (Fsp3) is 0.273. The van der Waals surface area contributed by atoms with E-state index in [2.05, 4.69) is 5.53 Å². The molecule has 0 aromatic heterocycles. The van der Waals surface area contributed by atoms with Crippen LogP contribution in [0.5, 0.6) is 0 Å². The minimum atomic E-state index is -1.69. The highest BCUT2D eigenvalue weighted by atomic mass is 35.6. The Morgan fingerprint density at radius 3 is 2.05 bits per heavy atom. The number of halogens is 6. The maximum atomic E-state index is 5.93. The van der Waals surface area contributed by atoms with Gasteiger partial charge in [-0.15, -0.1) is 0 Å². The fourth-order valence-corrected chi connectivity index (χ4v) is 2.21. The average molecular weight is 396 g/mol. The highest BCUT2D eigenvalue weighted by Gasteiger charge is 2.39. The first-order chi connectivity index (χ1) is 9.18. The van der Waals surface area contributed by atoms with Crippen LogP contribution < -0.4 is 10.5 Å². The lowest BCUT2D eigenvalue weighted by Crippen LogP contribution is -2.57. The molecule has 1 heterocycles. The lowest BCUT2D eigenvalue weighted by molar-refractivity contribution is 0.190. The number of hydrazine groups is 2. The molecule has 0 saturated carbocycles. The van der Waals surface area contributed by atoms with Gasteiger partial charge in [0.2, 0.25) is 3.79 Å². The molecule has 0 fully saturated rings. The van der Waals surface area contributed by atoms with Gasteiger partial charge in [-0.3, -0.25) is 5.01 Å². The molecule has 0 bridgehead atoms. The van der Waals surface area contributed by atoms with Crippen molar-refractivity contribution in [2.24, 2.45) is 0 Å². The van der Waals surface area contributed by atoms with Gasteiger partial charge in [0.1, 0.15) is 0 Å². The molecule has 1 aliphatic heterocycles. The largest absolute Gasteiger partial charge is 0.270 e. The second-order valence-electron chi connectivity index (χ2n) is 4.01. The van der Waals surface area contributed by atoms with E-state index in [4.69, 9.17) is 69.6 Å². The molecule has 110 valence electrons. The molecule has 3 nitrogen and oxygen atoms in total.